The van der Waals surface area contributed by atoms with Crippen molar-refractivity contribution in [3.63, 3.8) is 0 Å². The van der Waals surface area contributed by atoms with Crippen molar-refractivity contribution in [1.82, 2.24) is 0 Å². The number of rotatable bonds is 0. The molecule has 0 atom stereocenters. The van der Waals surface area contributed by atoms with E-state index in [9.17, 15) is 9.70 Å². The second-order valence-corrected chi connectivity index (χ2v) is 2.60. The van der Waals surface area contributed by atoms with Crippen molar-refractivity contribution in [3.05, 3.63) is 29.2 Å². The molecule has 0 unspecified atom stereocenters. The molecule has 0 spiro atoms. The topological polar surface area (TPSA) is 49.2 Å². The van der Waals surface area contributed by atoms with E-state index < -0.39 is 0 Å². The van der Waals surface area contributed by atoms with Gasteiger partial charge in [0.25, 0.3) is 18.1 Å². The lowest BCUT2D eigenvalue weighted by atomic mass is 10.2. The lowest BCUT2D eigenvalue weighted by Gasteiger charge is -2.07. The molecule has 1 N–H and O–H groups in total. The largest absolute Gasteiger partial charge is 0.315 e. The standard InChI is InChI=1S/C8H6N2O2/c11-8-5-10(12)7-4-2-1-3-6(7)9-8/h1-4H,5H2/p+1. The van der Waals surface area contributed by atoms with Crippen molar-refractivity contribution in [1.29, 1.82) is 0 Å². The van der Waals surface area contributed by atoms with Gasteiger partial charge < -0.3 is 5.32 Å². The fourth-order valence-electron chi connectivity index (χ4n) is 1.20. The number of nitroso groups, excluding NO2 is 1. The van der Waals surface area contributed by atoms with E-state index in [1.807, 2.05) is 0 Å². The van der Waals surface area contributed by atoms with Crippen molar-refractivity contribution in [2.24, 2.45) is 0 Å². The van der Waals surface area contributed by atoms with Crippen LogP contribution in [0.2, 0.25) is 0 Å². The Morgan fingerprint density at radius 2 is 2.08 bits per heavy atom. The number of benzene rings is 1. The molecule has 0 aliphatic carbocycles. The summed E-state index contributed by atoms with van der Waals surface area (Å²) < 4.78 is 0.689. The van der Waals surface area contributed by atoms with Gasteiger partial charge in [0.2, 0.25) is 0 Å². The summed E-state index contributed by atoms with van der Waals surface area (Å²) in [6.07, 6.45) is 0. The van der Waals surface area contributed by atoms with Gasteiger partial charge in [-0.3, -0.25) is 4.79 Å². The maximum Gasteiger partial charge on any atom is 0.295 e. The van der Waals surface area contributed by atoms with Crippen molar-refractivity contribution in [2.75, 3.05) is 11.9 Å². The van der Waals surface area contributed by atoms with Gasteiger partial charge in [0.05, 0.1) is 0 Å². The molecule has 0 aromatic heterocycles. The number of amides is 1. The van der Waals surface area contributed by atoms with Crippen molar-refractivity contribution in [3.8, 4) is 0 Å². The Bertz CT molecular complexity index is 360. The molecular weight excluding hydrogens is 156 g/mol. The molecule has 1 amide bonds. The summed E-state index contributed by atoms with van der Waals surface area (Å²) in [6, 6.07) is 6.93. The third-order valence-corrected chi connectivity index (χ3v) is 1.73. The zero-order valence-corrected chi connectivity index (χ0v) is 6.28. The van der Waals surface area contributed by atoms with E-state index in [-0.39, 0.29) is 12.5 Å². The molecule has 60 valence electrons. The highest BCUT2D eigenvalue weighted by molar-refractivity contribution is 5.95. The fraction of sp³-hybridized carbons (Fsp3) is 0.125. The van der Waals surface area contributed by atoms with Gasteiger partial charge >= 0.3 is 0 Å². The molecule has 1 aliphatic heterocycles. The summed E-state index contributed by atoms with van der Waals surface area (Å²) in [4.78, 5) is 22.0. The third-order valence-electron chi connectivity index (χ3n) is 1.73. The van der Waals surface area contributed by atoms with Crippen LogP contribution >= 0.6 is 0 Å². The SMILES string of the molecule is O=C1C[N+](=O)c2ccccc2N1. The number of hydrogen-bond donors (Lipinski definition) is 1. The second-order valence-electron chi connectivity index (χ2n) is 2.60. The zero-order chi connectivity index (χ0) is 8.55. The van der Waals surface area contributed by atoms with Crippen molar-refractivity contribution >= 4 is 17.3 Å². The van der Waals surface area contributed by atoms with Gasteiger partial charge in [0.1, 0.15) is 5.69 Å². The Balaban J connectivity index is 2.54. The van der Waals surface area contributed by atoms with E-state index in [1.165, 1.54) is 0 Å². The molecule has 4 nitrogen and oxygen atoms in total. The summed E-state index contributed by atoms with van der Waals surface area (Å²) in [7, 11) is 0. The minimum absolute atomic E-state index is 0.114. The highest BCUT2D eigenvalue weighted by Crippen LogP contribution is 2.26. The van der Waals surface area contributed by atoms with Crippen LogP contribution in [-0.4, -0.2) is 17.2 Å². The summed E-state index contributed by atoms with van der Waals surface area (Å²) in [5.74, 6) is -0.260. The minimum atomic E-state index is -0.260. The number of nitrogens with zero attached hydrogens (tertiary/aromatic N) is 1. The van der Waals surface area contributed by atoms with E-state index in [0.717, 1.165) is 0 Å². The maximum atomic E-state index is 11.2. The predicted octanol–water partition coefficient (Wildman–Crippen LogP) is 1.05. The summed E-state index contributed by atoms with van der Waals surface area (Å²) in [5.41, 5.74) is 1.11. The Morgan fingerprint density at radius 3 is 2.92 bits per heavy atom. The Hall–Kier alpha value is -1.71. The number of anilines is 1. The second kappa shape index (κ2) is 2.41. The quantitative estimate of drug-likeness (QED) is 0.581. The van der Waals surface area contributed by atoms with E-state index in [1.54, 1.807) is 24.3 Å². The van der Waals surface area contributed by atoms with Crippen LogP contribution < -0.4 is 5.32 Å². The summed E-state index contributed by atoms with van der Waals surface area (Å²) in [6.45, 7) is -0.114. The maximum absolute atomic E-state index is 11.2. The van der Waals surface area contributed by atoms with Crippen LogP contribution in [0.15, 0.2) is 24.3 Å². The average Bonchev–Trinajstić information content (AvgIpc) is 2.04. The van der Waals surface area contributed by atoms with Crippen LogP contribution in [0.3, 0.4) is 0 Å². The molecule has 2 rings (SSSR count). The number of para-hydroxylation sites is 2. The first-order valence-electron chi connectivity index (χ1n) is 3.61. The van der Waals surface area contributed by atoms with Crippen LogP contribution in [0.4, 0.5) is 11.4 Å². The lowest BCUT2D eigenvalue weighted by Crippen LogP contribution is -2.27. The summed E-state index contributed by atoms with van der Waals surface area (Å²) in [5, 5.41) is 2.61. The molecule has 0 fully saturated rings. The van der Waals surface area contributed by atoms with Crippen molar-refractivity contribution < 1.29 is 9.55 Å². The zero-order valence-electron chi connectivity index (χ0n) is 6.28. The first kappa shape index (κ1) is 6.97. The summed E-state index contributed by atoms with van der Waals surface area (Å²) >= 11 is 0. The number of hydrogen-bond acceptors (Lipinski definition) is 2. The van der Waals surface area contributed by atoms with Gasteiger partial charge in [0.15, 0.2) is 0 Å². The van der Waals surface area contributed by atoms with Crippen LogP contribution in [0.25, 0.3) is 0 Å². The molecule has 4 heteroatoms. The Morgan fingerprint density at radius 1 is 1.33 bits per heavy atom. The van der Waals surface area contributed by atoms with E-state index in [2.05, 4.69) is 5.32 Å². The number of carbonyl (C=O) groups is 1. The smallest absolute Gasteiger partial charge is 0.295 e. The lowest BCUT2D eigenvalue weighted by molar-refractivity contribution is -0.451. The molecular formula is C8H7N2O2+. The molecule has 0 saturated heterocycles. The number of carbonyl (C=O) groups excluding carboxylic acids is 1. The van der Waals surface area contributed by atoms with Gasteiger partial charge in [-0.15, -0.1) is 0 Å². The van der Waals surface area contributed by atoms with Crippen molar-refractivity contribution in [2.45, 2.75) is 0 Å². The average molecular weight is 163 g/mol. The molecule has 0 saturated carbocycles. The molecule has 1 aromatic carbocycles. The van der Waals surface area contributed by atoms with E-state index >= 15 is 0 Å². The minimum Gasteiger partial charge on any atom is -0.315 e. The molecule has 1 heterocycles. The monoisotopic (exact) mass is 163 g/mol. The first-order valence-corrected chi connectivity index (χ1v) is 3.61. The molecule has 12 heavy (non-hydrogen) atoms. The highest BCUT2D eigenvalue weighted by atomic mass is 16.3. The molecule has 1 aromatic rings. The Kier molecular flexibility index (Phi) is 1.40. The Labute approximate surface area is 68.8 Å². The fourth-order valence-corrected chi connectivity index (χ4v) is 1.20. The normalized spacial score (nSPS) is 15.3. The van der Waals surface area contributed by atoms with Crippen LogP contribution in [0.1, 0.15) is 0 Å². The molecule has 1 aliphatic rings. The van der Waals surface area contributed by atoms with Crippen LogP contribution in [0, 0.1) is 4.91 Å². The van der Waals surface area contributed by atoms with Gasteiger partial charge in [-0.25, -0.2) is 0 Å². The number of fused-ring (bicyclic) bond motifs is 1. The molecule has 0 radical (unpaired) electrons. The van der Waals surface area contributed by atoms with Gasteiger partial charge in [-0.2, -0.15) is 0 Å². The van der Waals surface area contributed by atoms with Gasteiger partial charge in [-0.1, -0.05) is 12.1 Å². The highest BCUT2D eigenvalue weighted by Gasteiger charge is 2.28. The van der Waals surface area contributed by atoms with Crippen LogP contribution in [-0.2, 0) is 4.79 Å². The van der Waals surface area contributed by atoms with E-state index in [4.69, 9.17) is 0 Å². The first-order chi connectivity index (χ1) is 5.77. The van der Waals surface area contributed by atoms with E-state index in [0.29, 0.717) is 16.1 Å². The predicted molar refractivity (Wildman–Crippen MR) is 43.2 cm³/mol. The van der Waals surface area contributed by atoms with Gasteiger partial charge in [-0.05, 0) is 6.07 Å². The number of nitrogens with one attached hydrogen (secondary N) is 1. The molecule has 0 bridgehead atoms. The van der Waals surface area contributed by atoms with Gasteiger partial charge in [0, 0.05) is 15.7 Å². The van der Waals surface area contributed by atoms with Crippen LogP contribution in [0.5, 0.6) is 0 Å². The third kappa shape index (κ3) is 0.972.